The van der Waals surface area contributed by atoms with Crippen LogP contribution in [0.5, 0.6) is 0 Å². The van der Waals surface area contributed by atoms with E-state index in [0.717, 1.165) is 25.4 Å². The van der Waals surface area contributed by atoms with Crippen LogP contribution in [0.3, 0.4) is 0 Å². The summed E-state index contributed by atoms with van der Waals surface area (Å²) in [6.07, 6.45) is 5.65. The lowest BCUT2D eigenvalue weighted by molar-refractivity contribution is 0.0627. The maximum Gasteiger partial charge on any atom is 0.0699 e. The van der Waals surface area contributed by atoms with E-state index in [1.807, 2.05) is 0 Å². The van der Waals surface area contributed by atoms with Crippen LogP contribution in [-0.2, 0) is 6.42 Å². The highest BCUT2D eigenvalue weighted by atomic mass is 32.2. The predicted molar refractivity (Wildman–Crippen MR) is 84.5 cm³/mol. The summed E-state index contributed by atoms with van der Waals surface area (Å²) in [7, 11) is 0. The number of likely N-dealkylation sites (tertiary alicyclic amines) is 1. The molecule has 2 unspecified atom stereocenters. The van der Waals surface area contributed by atoms with Gasteiger partial charge in [-0.15, -0.1) is 11.8 Å². The maximum absolute atomic E-state index is 6.58. The fourth-order valence-electron chi connectivity index (χ4n) is 2.92. The smallest absolute Gasteiger partial charge is 0.0699 e. The highest BCUT2D eigenvalue weighted by Crippen LogP contribution is 2.24. The molecule has 2 atom stereocenters. The third-order valence-electron chi connectivity index (χ3n) is 4.10. The molecule has 1 aromatic rings. The largest absolute Gasteiger partial charge is 0.313 e. The Morgan fingerprint density at radius 3 is 2.63 bits per heavy atom. The monoisotopic (exact) mass is 278 g/mol. The van der Waals surface area contributed by atoms with Crippen molar-refractivity contribution in [1.82, 2.24) is 4.90 Å². The van der Waals surface area contributed by atoms with Crippen LogP contribution < -0.4 is 5.73 Å². The van der Waals surface area contributed by atoms with Crippen LogP contribution in [0.1, 0.15) is 32.3 Å². The molecule has 1 aromatic carbocycles. The molecule has 0 aliphatic carbocycles. The van der Waals surface area contributed by atoms with Gasteiger partial charge in [0.25, 0.3) is 0 Å². The number of thioether (sulfide) groups is 1. The van der Waals surface area contributed by atoms with E-state index >= 15 is 0 Å². The van der Waals surface area contributed by atoms with Crippen LogP contribution in [-0.4, -0.2) is 29.9 Å². The Bertz CT molecular complexity index is 400. The summed E-state index contributed by atoms with van der Waals surface area (Å²) in [6, 6.07) is 8.80. The molecular weight excluding hydrogens is 252 g/mol. The second kappa shape index (κ2) is 6.29. The zero-order chi connectivity index (χ0) is 13.9. The number of hydrogen-bond donors (Lipinski definition) is 1. The molecule has 2 N–H and O–H groups in total. The van der Waals surface area contributed by atoms with Crippen molar-refractivity contribution in [1.29, 1.82) is 0 Å². The quantitative estimate of drug-likeness (QED) is 0.856. The lowest BCUT2D eigenvalue weighted by Crippen LogP contribution is -2.58. The summed E-state index contributed by atoms with van der Waals surface area (Å²) < 4.78 is 0. The molecule has 19 heavy (non-hydrogen) atoms. The Kier molecular flexibility index (Phi) is 4.93. The van der Waals surface area contributed by atoms with Gasteiger partial charge in [0.15, 0.2) is 0 Å². The molecule has 0 aromatic heterocycles. The molecule has 1 heterocycles. The van der Waals surface area contributed by atoms with Crippen LogP contribution in [0, 0.1) is 5.92 Å². The van der Waals surface area contributed by atoms with Gasteiger partial charge < -0.3 is 5.73 Å². The van der Waals surface area contributed by atoms with E-state index in [2.05, 4.69) is 49.3 Å². The Hall–Kier alpha value is -0.510. The molecule has 0 spiro atoms. The summed E-state index contributed by atoms with van der Waals surface area (Å²) in [5.41, 5.74) is 7.68. The number of hydrogen-bond acceptors (Lipinski definition) is 3. The SMILES string of the molecule is CSc1ccc(CC(C)(N)N2CCCC(C)C2)cc1. The van der Waals surface area contributed by atoms with Crippen LogP contribution in [0.4, 0.5) is 0 Å². The Morgan fingerprint density at radius 2 is 2.05 bits per heavy atom. The van der Waals surface area contributed by atoms with E-state index < -0.39 is 0 Å². The average Bonchev–Trinajstić information content (AvgIpc) is 2.39. The van der Waals surface area contributed by atoms with Gasteiger partial charge in [0, 0.05) is 17.9 Å². The first kappa shape index (κ1) is 14.9. The molecule has 3 heteroatoms. The Labute approximate surface area is 121 Å². The van der Waals surface area contributed by atoms with Crippen LogP contribution >= 0.6 is 11.8 Å². The standard InChI is InChI=1S/C16H26N2S/c1-13-5-4-10-18(12-13)16(2,17)11-14-6-8-15(19-3)9-7-14/h6-9,13H,4-5,10-12,17H2,1-3H3. The lowest BCUT2D eigenvalue weighted by atomic mass is 9.94. The molecule has 0 bridgehead atoms. The van der Waals surface area contributed by atoms with Gasteiger partial charge in [-0.3, -0.25) is 4.90 Å². The maximum atomic E-state index is 6.58. The first-order valence-corrected chi connectivity index (χ1v) is 8.40. The molecule has 1 aliphatic heterocycles. The average molecular weight is 278 g/mol. The highest BCUT2D eigenvalue weighted by Gasteiger charge is 2.30. The van der Waals surface area contributed by atoms with Crippen molar-refractivity contribution in [3.63, 3.8) is 0 Å². The van der Waals surface area contributed by atoms with Crippen molar-refractivity contribution in [2.45, 2.75) is 43.7 Å². The summed E-state index contributed by atoms with van der Waals surface area (Å²) in [5, 5.41) is 0. The van der Waals surface area contributed by atoms with Gasteiger partial charge in [-0.25, -0.2) is 0 Å². The van der Waals surface area contributed by atoms with Gasteiger partial charge in [0.05, 0.1) is 5.66 Å². The van der Waals surface area contributed by atoms with E-state index in [1.54, 1.807) is 11.8 Å². The number of rotatable bonds is 4. The summed E-state index contributed by atoms with van der Waals surface area (Å²) in [4.78, 5) is 3.78. The number of piperidine rings is 1. The third-order valence-corrected chi connectivity index (χ3v) is 4.84. The first-order valence-electron chi connectivity index (χ1n) is 7.18. The number of benzene rings is 1. The van der Waals surface area contributed by atoms with Crippen molar-refractivity contribution in [3.05, 3.63) is 29.8 Å². The van der Waals surface area contributed by atoms with Crippen molar-refractivity contribution >= 4 is 11.8 Å². The van der Waals surface area contributed by atoms with Gasteiger partial charge in [-0.2, -0.15) is 0 Å². The van der Waals surface area contributed by atoms with Crippen LogP contribution in [0.15, 0.2) is 29.2 Å². The topological polar surface area (TPSA) is 29.3 Å². The molecule has 1 saturated heterocycles. The minimum absolute atomic E-state index is 0.227. The number of nitrogens with two attached hydrogens (primary N) is 1. The van der Waals surface area contributed by atoms with Crippen molar-refractivity contribution in [2.24, 2.45) is 11.7 Å². The van der Waals surface area contributed by atoms with Gasteiger partial charge in [-0.05, 0) is 56.2 Å². The van der Waals surface area contributed by atoms with E-state index in [1.165, 1.54) is 23.3 Å². The second-order valence-electron chi connectivity index (χ2n) is 6.08. The van der Waals surface area contributed by atoms with Gasteiger partial charge >= 0.3 is 0 Å². The zero-order valence-electron chi connectivity index (χ0n) is 12.4. The van der Waals surface area contributed by atoms with E-state index in [9.17, 15) is 0 Å². The molecular formula is C16H26N2S. The Morgan fingerprint density at radius 1 is 1.37 bits per heavy atom. The van der Waals surface area contributed by atoms with Gasteiger partial charge in [0.2, 0.25) is 0 Å². The van der Waals surface area contributed by atoms with Crippen LogP contribution in [0.25, 0.3) is 0 Å². The van der Waals surface area contributed by atoms with Crippen molar-refractivity contribution in [3.8, 4) is 0 Å². The minimum atomic E-state index is -0.227. The minimum Gasteiger partial charge on any atom is -0.313 e. The normalized spacial score (nSPS) is 24.1. The number of nitrogens with zero attached hydrogens (tertiary/aromatic N) is 1. The fraction of sp³-hybridized carbons (Fsp3) is 0.625. The zero-order valence-corrected chi connectivity index (χ0v) is 13.2. The lowest BCUT2D eigenvalue weighted by Gasteiger charge is -2.42. The molecule has 106 valence electrons. The predicted octanol–water partition coefficient (Wildman–Crippen LogP) is 3.36. The summed E-state index contributed by atoms with van der Waals surface area (Å²) >= 11 is 1.78. The molecule has 0 saturated carbocycles. The van der Waals surface area contributed by atoms with Crippen LogP contribution in [0.2, 0.25) is 0 Å². The Balaban J connectivity index is 2.02. The third kappa shape index (κ3) is 3.98. The van der Waals surface area contributed by atoms with E-state index in [-0.39, 0.29) is 5.66 Å². The van der Waals surface area contributed by atoms with Crippen molar-refractivity contribution < 1.29 is 0 Å². The fourth-order valence-corrected chi connectivity index (χ4v) is 3.33. The molecule has 0 radical (unpaired) electrons. The van der Waals surface area contributed by atoms with Crippen molar-refractivity contribution in [2.75, 3.05) is 19.3 Å². The summed E-state index contributed by atoms with van der Waals surface area (Å²) in [6.45, 7) is 6.78. The molecule has 1 fully saturated rings. The van der Waals surface area contributed by atoms with Gasteiger partial charge in [-0.1, -0.05) is 19.1 Å². The molecule has 2 nitrogen and oxygen atoms in total. The molecule has 2 rings (SSSR count). The summed E-state index contributed by atoms with van der Waals surface area (Å²) in [5.74, 6) is 0.774. The van der Waals surface area contributed by atoms with E-state index in [0.29, 0.717) is 0 Å². The molecule has 0 amide bonds. The molecule has 1 aliphatic rings. The second-order valence-corrected chi connectivity index (χ2v) is 6.96. The van der Waals surface area contributed by atoms with E-state index in [4.69, 9.17) is 5.73 Å². The first-order chi connectivity index (χ1) is 9.01. The van der Waals surface area contributed by atoms with Gasteiger partial charge in [0.1, 0.15) is 0 Å². The highest BCUT2D eigenvalue weighted by molar-refractivity contribution is 7.98.